The van der Waals surface area contributed by atoms with E-state index in [2.05, 4.69) is 18.8 Å². The second-order valence-corrected chi connectivity index (χ2v) is 10.1. The number of fused-ring (bicyclic) bond motifs is 1. The summed E-state index contributed by atoms with van der Waals surface area (Å²) in [6.45, 7) is 8.87. The third kappa shape index (κ3) is 4.14. The molecule has 6 nitrogen and oxygen atoms in total. The van der Waals surface area contributed by atoms with Crippen LogP contribution in [0.3, 0.4) is 0 Å². The van der Waals surface area contributed by atoms with E-state index in [-0.39, 0.29) is 40.1 Å². The van der Waals surface area contributed by atoms with E-state index in [0.717, 1.165) is 25.3 Å². The highest BCUT2D eigenvalue weighted by Crippen LogP contribution is 2.39. The van der Waals surface area contributed by atoms with Crippen molar-refractivity contribution in [2.45, 2.75) is 64.6 Å². The highest BCUT2D eigenvalue weighted by molar-refractivity contribution is 5.74. The van der Waals surface area contributed by atoms with E-state index in [1.165, 1.54) is 16.5 Å². The van der Waals surface area contributed by atoms with Gasteiger partial charge in [0.2, 0.25) is 0 Å². The van der Waals surface area contributed by atoms with Gasteiger partial charge in [-0.1, -0.05) is 0 Å². The summed E-state index contributed by atoms with van der Waals surface area (Å²) in [4.78, 5) is 22.5. The van der Waals surface area contributed by atoms with Gasteiger partial charge in [-0.3, -0.25) is 9.20 Å². The lowest BCUT2D eigenvalue weighted by Crippen LogP contribution is -2.33. The van der Waals surface area contributed by atoms with Crippen molar-refractivity contribution in [3.8, 4) is 11.3 Å². The van der Waals surface area contributed by atoms with E-state index < -0.39 is 11.6 Å². The Labute approximate surface area is 197 Å². The van der Waals surface area contributed by atoms with Gasteiger partial charge in [-0.25, -0.2) is 18.7 Å². The Kier molecular flexibility index (Phi) is 5.76. The topological polar surface area (TPSA) is 65.7 Å². The molecule has 1 aromatic carbocycles. The highest BCUT2D eigenvalue weighted by Gasteiger charge is 2.39. The third-order valence-corrected chi connectivity index (χ3v) is 7.19. The molecule has 4 heterocycles. The van der Waals surface area contributed by atoms with Crippen molar-refractivity contribution in [2.24, 2.45) is 5.92 Å². The molecule has 0 N–H and O–H groups in total. The average Bonchev–Trinajstić information content (AvgIpc) is 3.17. The van der Waals surface area contributed by atoms with Crippen molar-refractivity contribution in [3.05, 3.63) is 63.3 Å². The Balaban J connectivity index is 1.61. The van der Waals surface area contributed by atoms with Crippen LogP contribution < -0.4 is 5.56 Å². The van der Waals surface area contributed by atoms with Crippen LogP contribution in [-0.4, -0.2) is 39.3 Å². The SMILES string of the molecule is Cc1nc2c(-c3ccc(F)cc3F)nc(C3CCOC(C4COC(C)(C)C4)C3)cn2c(=O)c1C. The van der Waals surface area contributed by atoms with E-state index in [9.17, 15) is 13.6 Å². The van der Waals surface area contributed by atoms with Crippen LogP contribution in [0.15, 0.2) is 29.2 Å². The van der Waals surface area contributed by atoms with Crippen molar-refractivity contribution >= 4 is 5.65 Å². The number of rotatable bonds is 3. The molecule has 0 radical (unpaired) electrons. The molecule has 3 atom stereocenters. The third-order valence-electron chi connectivity index (χ3n) is 7.19. The van der Waals surface area contributed by atoms with Crippen LogP contribution >= 0.6 is 0 Å². The first-order valence-electron chi connectivity index (χ1n) is 11.7. The molecule has 0 spiro atoms. The Bertz CT molecular complexity index is 1320. The molecule has 2 fully saturated rings. The Morgan fingerprint density at radius 3 is 2.68 bits per heavy atom. The Hall–Kier alpha value is -2.71. The van der Waals surface area contributed by atoms with Crippen molar-refractivity contribution in [1.82, 2.24) is 14.4 Å². The zero-order valence-electron chi connectivity index (χ0n) is 19.9. The molecular formula is C26H29F2N3O3. The second-order valence-electron chi connectivity index (χ2n) is 10.1. The van der Waals surface area contributed by atoms with Gasteiger partial charge in [0.1, 0.15) is 17.3 Å². The van der Waals surface area contributed by atoms with Crippen LogP contribution in [0.25, 0.3) is 16.9 Å². The van der Waals surface area contributed by atoms with Crippen LogP contribution in [0.2, 0.25) is 0 Å². The first-order chi connectivity index (χ1) is 16.1. The molecule has 5 rings (SSSR count). The lowest BCUT2D eigenvalue weighted by Gasteiger charge is -2.33. The molecule has 2 saturated heterocycles. The molecule has 0 amide bonds. The van der Waals surface area contributed by atoms with Crippen LogP contribution in [0.4, 0.5) is 8.78 Å². The van der Waals surface area contributed by atoms with Crippen molar-refractivity contribution < 1.29 is 18.3 Å². The van der Waals surface area contributed by atoms with E-state index >= 15 is 0 Å². The fourth-order valence-electron chi connectivity index (χ4n) is 5.16. The number of hydrogen-bond donors (Lipinski definition) is 0. The maximum Gasteiger partial charge on any atom is 0.261 e. The van der Waals surface area contributed by atoms with Gasteiger partial charge >= 0.3 is 0 Å². The van der Waals surface area contributed by atoms with Crippen LogP contribution in [0.5, 0.6) is 0 Å². The minimum Gasteiger partial charge on any atom is -0.378 e. The molecule has 2 aliphatic heterocycles. The van der Waals surface area contributed by atoms with E-state index in [0.29, 0.717) is 36.1 Å². The van der Waals surface area contributed by atoms with Gasteiger partial charge in [0.25, 0.3) is 5.56 Å². The number of halogens is 2. The van der Waals surface area contributed by atoms with Crippen LogP contribution in [0, 0.1) is 31.4 Å². The molecule has 0 bridgehead atoms. The standard InChI is InChI=1S/C26H29F2N3O3/c1-14-15(2)29-24-23(19-6-5-18(27)10-20(19)28)30-21(12-31(24)25(14)32)16-7-8-33-22(9-16)17-11-26(3,4)34-13-17/h5-6,10,12,16-17,22H,7-9,11,13H2,1-4H3. The van der Waals surface area contributed by atoms with Crippen molar-refractivity contribution in [1.29, 1.82) is 0 Å². The second kappa shape index (κ2) is 8.50. The summed E-state index contributed by atoms with van der Waals surface area (Å²) in [7, 11) is 0. The van der Waals surface area contributed by atoms with Crippen LogP contribution in [-0.2, 0) is 9.47 Å². The predicted octanol–water partition coefficient (Wildman–Crippen LogP) is 4.73. The highest BCUT2D eigenvalue weighted by atomic mass is 19.1. The smallest absolute Gasteiger partial charge is 0.261 e. The predicted molar refractivity (Wildman–Crippen MR) is 124 cm³/mol. The van der Waals surface area contributed by atoms with Gasteiger partial charge in [-0.05, 0) is 59.1 Å². The van der Waals surface area contributed by atoms with Crippen molar-refractivity contribution in [2.75, 3.05) is 13.2 Å². The normalized spacial score (nSPS) is 24.6. The molecule has 3 aromatic rings. The molecule has 8 heteroatoms. The lowest BCUT2D eigenvalue weighted by atomic mass is 9.84. The molecule has 3 unspecified atom stereocenters. The number of hydrogen-bond acceptors (Lipinski definition) is 5. The summed E-state index contributed by atoms with van der Waals surface area (Å²) < 4.78 is 41.9. The zero-order chi connectivity index (χ0) is 24.2. The fraction of sp³-hybridized carbons (Fsp3) is 0.500. The lowest BCUT2D eigenvalue weighted by molar-refractivity contribution is -0.0324. The molecule has 180 valence electrons. The molecule has 0 aliphatic carbocycles. The van der Waals surface area contributed by atoms with Gasteiger partial charge in [0.15, 0.2) is 5.65 Å². The number of aromatic nitrogens is 3. The largest absolute Gasteiger partial charge is 0.378 e. The summed E-state index contributed by atoms with van der Waals surface area (Å²) in [5.74, 6) is -1.09. The monoisotopic (exact) mass is 469 g/mol. The van der Waals surface area contributed by atoms with E-state index in [4.69, 9.17) is 14.5 Å². The summed E-state index contributed by atoms with van der Waals surface area (Å²) in [5.41, 5.74) is 2.00. The van der Waals surface area contributed by atoms with Crippen LogP contribution in [0.1, 0.15) is 56.0 Å². The Morgan fingerprint density at radius 2 is 1.97 bits per heavy atom. The Morgan fingerprint density at radius 1 is 1.18 bits per heavy atom. The first kappa shape index (κ1) is 23.1. The molecule has 2 aromatic heterocycles. The first-order valence-corrected chi connectivity index (χ1v) is 11.7. The van der Waals surface area contributed by atoms with E-state index in [1.54, 1.807) is 20.0 Å². The number of nitrogens with zero attached hydrogens (tertiary/aromatic N) is 3. The molecular weight excluding hydrogens is 440 g/mol. The summed E-state index contributed by atoms with van der Waals surface area (Å²) >= 11 is 0. The van der Waals surface area contributed by atoms with Crippen molar-refractivity contribution in [3.63, 3.8) is 0 Å². The summed E-state index contributed by atoms with van der Waals surface area (Å²) in [5, 5.41) is 0. The number of aryl methyl sites for hydroxylation is 1. The minimum atomic E-state index is -0.741. The number of ether oxygens (including phenoxy) is 2. The molecule has 0 saturated carbocycles. The van der Waals surface area contributed by atoms with Gasteiger partial charge < -0.3 is 9.47 Å². The van der Waals surface area contributed by atoms with Gasteiger partial charge in [-0.2, -0.15) is 0 Å². The summed E-state index contributed by atoms with van der Waals surface area (Å²) in [6.07, 6.45) is 4.15. The fourth-order valence-corrected chi connectivity index (χ4v) is 5.16. The van der Waals surface area contributed by atoms with Gasteiger partial charge in [-0.15, -0.1) is 0 Å². The van der Waals surface area contributed by atoms with Gasteiger partial charge in [0.05, 0.1) is 24.0 Å². The molecule has 34 heavy (non-hydrogen) atoms. The average molecular weight is 470 g/mol. The van der Waals surface area contributed by atoms with Gasteiger partial charge in [0, 0.05) is 47.5 Å². The minimum absolute atomic E-state index is 0.0265. The quantitative estimate of drug-likeness (QED) is 0.555. The maximum atomic E-state index is 14.8. The summed E-state index contributed by atoms with van der Waals surface area (Å²) in [6, 6.07) is 3.36. The molecule has 2 aliphatic rings. The number of benzene rings is 1. The zero-order valence-corrected chi connectivity index (χ0v) is 19.9. The van der Waals surface area contributed by atoms with E-state index in [1.807, 2.05) is 0 Å². The maximum absolute atomic E-state index is 14.8.